The Morgan fingerprint density at radius 1 is 1.29 bits per heavy atom. The van der Waals surface area contributed by atoms with Crippen molar-refractivity contribution in [3.63, 3.8) is 0 Å². The molecule has 162 valence electrons. The normalized spacial score (nSPS) is 18.6. The number of likely N-dealkylation sites (tertiary alicyclic amines) is 1. The highest BCUT2D eigenvalue weighted by Crippen LogP contribution is 2.36. The molecular formula is C21H20F2N4O4. The van der Waals surface area contributed by atoms with Gasteiger partial charge in [0, 0.05) is 18.8 Å². The van der Waals surface area contributed by atoms with Gasteiger partial charge in [0.05, 0.1) is 17.4 Å². The minimum atomic E-state index is -2.94. The molecule has 3 aromatic rings. The molecule has 1 atom stereocenters. The molecule has 3 heterocycles. The van der Waals surface area contributed by atoms with E-state index in [9.17, 15) is 23.5 Å². The fourth-order valence-electron chi connectivity index (χ4n) is 3.81. The molecule has 1 aliphatic heterocycles. The maximum atomic E-state index is 14.3. The number of carbonyl (C=O) groups is 1. The first-order chi connectivity index (χ1) is 14.8. The highest BCUT2D eigenvalue weighted by Gasteiger charge is 2.50. The van der Waals surface area contributed by atoms with Crippen LogP contribution in [0.2, 0.25) is 0 Å². The van der Waals surface area contributed by atoms with Gasteiger partial charge < -0.3 is 19.3 Å². The Labute approximate surface area is 175 Å². The van der Waals surface area contributed by atoms with Crippen molar-refractivity contribution in [1.82, 2.24) is 19.4 Å². The Balaban J connectivity index is 1.62. The summed E-state index contributed by atoms with van der Waals surface area (Å²) < 4.78 is 34.7. The molecule has 1 N–H and O–H groups in total. The van der Waals surface area contributed by atoms with E-state index in [-0.39, 0.29) is 36.3 Å². The van der Waals surface area contributed by atoms with Crippen molar-refractivity contribution in [3.8, 4) is 5.88 Å². The SMILES string of the molecule is Cc1nc(O)c2cn(C3(C(F)F)CCN(C(=O)OCc4ccccc4)C3)c(=O)cc2n1. The van der Waals surface area contributed by atoms with Crippen molar-refractivity contribution in [3.05, 3.63) is 64.3 Å². The number of fused-ring (bicyclic) bond motifs is 1. The van der Waals surface area contributed by atoms with E-state index in [2.05, 4.69) is 9.97 Å². The van der Waals surface area contributed by atoms with Gasteiger partial charge in [0.2, 0.25) is 5.88 Å². The van der Waals surface area contributed by atoms with E-state index in [1.165, 1.54) is 0 Å². The van der Waals surface area contributed by atoms with Gasteiger partial charge in [0.25, 0.3) is 12.0 Å². The van der Waals surface area contributed by atoms with Crippen molar-refractivity contribution < 1.29 is 23.4 Å². The molecule has 0 saturated carbocycles. The van der Waals surface area contributed by atoms with Crippen molar-refractivity contribution >= 4 is 17.0 Å². The number of nitrogens with zero attached hydrogens (tertiary/aromatic N) is 4. The smallest absolute Gasteiger partial charge is 0.410 e. The third-order valence-corrected chi connectivity index (χ3v) is 5.45. The third kappa shape index (κ3) is 3.80. The van der Waals surface area contributed by atoms with Crippen LogP contribution in [-0.4, -0.2) is 50.1 Å². The van der Waals surface area contributed by atoms with Crippen molar-refractivity contribution in [2.45, 2.75) is 31.9 Å². The lowest BCUT2D eigenvalue weighted by molar-refractivity contribution is 0.00690. The van der Waals surface area contributed by atoms with E-state index in [0.29, 0.717) is 0 Å². The minimum Gasteiger partial charge on any atom is -0.493 e. The molecule has 4 rings (SSSR count). The predicted molar refractivity (Wildman–Crippen MR) is 107 cm³/mol. The van der Waals surface area contributed by atoms with Crippen LogP contribution in [0.5, 0.6) is 5.88 Å². The van der Waals surface area contributed by atoms with E-state index in [1.54, 1.807) is 31.2 Å². The van der Waals surface area contributed by atoms with Crippen molar-refractivity contribution in [2.75, 3.05) is 13.1 Å². The second-order valence-electron chi connectivity index (χ2n) is 7.49. The molecular weight excluding hydrogens is 410 g/mol. The maximum absolute atomic E-state index is 14.3. The zero-order valence-electron chi connectivity index (χ0n) is 16.7. The first-order valence-electron chi connectivity index (χ1n) is 9.64. The summed E-state index contributed by atoms with van der Waals surface area (Å²) in [6, 6.07) is 10.1. The van der Waals surface area contributed by atoms with Gasteiger partial charge in [-0.05, 0) is 18.9 Å². The fourth-order valence-corrected chi connectivity index (χ4v) is 3.81. The van der Waals surface area contributed by atoms with Gasteiger partial charge >= 0.3 is 6.09 Å². The Morgan fingerprint density at radius 3 is 2.74 bits per heavy atom. The quantitative estimate of drug-likeness (QED) is 0.684. The number of rotatable bonds is 4. The van der Waals surface area contributed by atoms with E-state index < -0.39 is 36.0 Å². The Morgan fingerprint density at radius 2 is 2.03 bits per heavy atom. The van der Waals surface area contributed by atoms with Crippen molar-refractivity contribution in [1.29, 1.82) is 0 Å². The van der Waals surface area contributed by atoms with Crippen molar-refractivity contribution in [2.24, 2.45) is 0 Å². The highest BCUT2D eigenvalue weighted by molar-refractivity contribution is 5.82. The molecule has 0 aliphatic carbocycles. The molecule has 1 aliphatic rings. The number of ether oxygens (including phenoxy) is 1. The van der Waals surface area contributed by atoms with Crippen LogP contribution in [0, 0.1) is 6.92 Å². The van der Waals surface area contributed by atoms with Crippen LogP contribution in [0.15, 0.2) is 47.4 Å². The third-order valence-electron chi connectivity index (χ3n) is 5.45. The average Bonchev–Trinajstić information content (AvgIpc) is 3.19. The summed E-state index contributed by atoms with van der Waals surface area (Å²) in [5, 5.41) is 10.2. The molecule has 8 nitrogen and oxygen atoms in total. The number of amides is 1. The molecule has 0 spiro atoms. The second-order valence-corrected chi connectivity index (χ2v) is 7.49. The summed E-state index contributed by atoms with van der Waals surface area (Å²) in [7, 11) is 0. The fraction of sp³-hybridized carbons (Fsp3) is 0.333. The van der Waals surface area contributed by atoms with Crippen LogP contribution < -0.4 is 5.56 Å². The number of halogens is 2. The summed E-state index contributed by atoms with van der Waals surface area (Å²) in [4.78, 5) is 34.2. The first-order valence-corrected chi connectivity index (χ1v) is 9.64. The van der Waals surface area contributed by atoms with Crippen LogP contribution in [0.4, 0.5) is 13.6 Å². The molecule has 1 aromatic carbocycles. The Hall–Kier alpha value is -3.56. The molecule has 1 unspecified atom stereocenters. The van der Waals surface area contributed by atoms with Crippen LogP contribution in [0.25, 0.3) is 10.9 Å². The molecule has 1 fully saturated rings. The summed E-state index contributed by atoms with van der Waals surface area (Å²) in [6.07, 6.45) is -2.69. The molecule has 0 bridgehead atoms. The van der Waals surface area contributed by atoms with Crippen LogP contribution >= 0.6 is 0 Å². The standard InChI is InChI=1S/C21H20F2N4O4/c1-13-24-16-9-17(28)27(10-15(16)18(29)25-13)21(19(22)23)7-8-26(12-21)20(30)31-11-14-5-3-2-4-6-14/h2-6,9-10,19H,7-8,11-12H2,1H3,(H,24,25,29). The van der Waals surface area contributed by atoms with Gasteiger partial charge in [-0.1, -0.05) is 30.3 Å². The van der Waals surface area contributed by atoms with E-state index >= 15 is 0 Å². The van der Waals surface area contributed by atoms with E-state index in [0.717, 1.165) is 27.3 Å². The number of aryl methyl sites for hydroxylation is 1. The predicted octanol–water partition coefficient (Wildman–Crippen LogP) is 2.81. The first kappa shape index (κ1) is 20.7. The van der Waals surface area contributed by atoms with Gasteiger partial charge in [-0.15, -0.1) is 0 Å². The molecule has 31 heavy (non-hydrogen) atoms. The van der Waals surface area contributed by atoms with Crippen LogP contribution in [0.3, 0.4) is 0 Å². The zero-order valence-corrected chi connectivity index (χ0v) is 16.7. The number of pyridine rings is 1. The van der Waals surface area contributed by atoms with E-state index in [4.69, 9.17) is 4.74 Å². The lowest BCUT2D eigenvalue weighted by Gasteiger charge is -2.31. The average molecular weight is 430 g/mol. The molecule has 1 saturated heterocycles. The molecule has 1 amide bonds. The molecule has 10 heteroatoms. The maximum Gasteiger partial charge on any atom is 0.410 e. The van der Waals surface area contributed by atoms with Gasteiger partial charge in [0.1, 0.15) is 18.0 Å². The van der Waals surface area contributed by atoms with Crippen LogP contribution in [-0.2, 0) is 16.9 Å². The number of carbonyl (C=O) groups excluding carboxylic acids is 1. The minimum absolute atomic E-state index is 0.00117. The summed E-state index contributed by atoms with van der Waals surface area (Å²) in [5.41, 5.74) is -1.72. The van der Waals surface area contributed by atoms with Crippen LogP contribution in [0.1, 0.15) is 17.8 Å². The van der Waals surface area contributed by atoms with Gasteiger partial charge in [-0.2, -0.15) is 4.98 Å². The summed E-state index contributed by atoms with van der Waals surface area (Å²) in [5.74, 6) is -0.156. The number of alkyl halides is 2. The molecule has 0 radical (unpaired) electrons. The highest BCUT2D eigenvalue weighted by atomic mass is 19.3. The van der Waals surface area contributed by atoms with Gasteiger partial charge in [-0.25, -0.2) is 18.6 Å². The molecule has 2 aromatic heterocycles. The number of aromatic nitrogens is 3. The van der Waals surface area contributed by atoms with E-state index in [1.807, 2.05) is 6.07 Å². The number of hydrogen-bond acceptors (Lipinski definition) is 6. The lowest BCUT2D eigenvalue weighted by Crippen LogP contribution is -2.49. The van der Waals surface area contributed by atoms with Gasteiger partial charge in [0.15, 0.2) is 0 Å². The number of benzene rings is 1. The Bertz CT molecular complexity index is 1190. The topological polar surface area (TPSA) is 97.5 Å². The number of hydrogen-bond donors (Lipinski definition) is 1. The number of aromatic hydroxyl groups is 1. The Kier molecular flexibility index (Phi) is 5.30. The monoisotopic (exact) mass is 430 g/mol. The summed E-state index contributed by atoms with van der Waals surface area (Å²) >= 11 is 0. The van der Waals surface area contributed by atoms with Gasteiger partial charge in [-0.3, -0.25) is 4.79 Å². The second kappa shape index (κ2) is 7.93. The zero-order chi connectivity index (χ0) is 22.2. The summed E-state index contributed by atoms with van der Waals surface area (Å²) in [6.45, 7) is 1.15. The largest absolute Gasteiger partial charge is 0.493 e. The lowest BCUT2D eigenvalue weighted by atomic mass is 9.98.